The molecule has 2 saturated carbocycles. The van der Waals surface area contributed by atoms with Crippen molar-refractivity contribution in [3.8, 4) is 0 Å². The number of halogens is 5. The Hall–Kier alpha value is -7.09. The number of nitrogens with one attached hydrogen (secondary N) is 3. The fourth-order valence-electron chi connectivity index (χ4n) is 16.2. The summed E-state index contributed by atoms with van der Waals surface area (Å²) in [6.07, 6.45) is -4.25. The zero-order chi connectivity index (χ0) is 81.2. The van der Waals surface area contributed by atoms with Crippen molar-refractivity contribution in [2.75, 3.05) is 109 Å². The first-order valence-corrected chi connectivity index (χ1v) is 38.7. The van der Waals surface area contributed by atoms with Crippen LogP contribution in [0, 0.1) is 29.1 Å². The average molecular weight is 1540 g/mol. The van der Waals surface area contributed by atoms with Gasteiger partial charge in [0.1, 0.15) is 53.9 Å². The number of hydrogen-bond acceptors (Lipinski definition) is 15. The lowest BCUT2D eigenvalue weighted by atomic mass is 9.58. The van der Waals surface area contributed by atoms with Crippen LogP contribution < -0.4 is 16.0 Å². The van der Waals surface area contributed by atoms with Gasteiger partial charge in [0.15, 0.2) is 0 Å². The fraction of sp³-hybridized carbons (Fsp3) is 0.816. The lowest BCUT2D eigenvalue weighted by Crippen LogP contribution is -2.71. The van der Waals surface area contributed by atoms with Gasteiger partial charge in [0.2, 0.25) is 76.8 Å². The third kappa shape index (κ3) is 23.3. The van der Waals surface area contributed by atoms with E-state index in [1.165, 1.54) is 90.0 Å². The first-order chi connectivity index (χ1) is 50.5. The van der Waals surface area contributed by atoms with Crippen LogP contribution in [0.3, 0.4) is 0 Å². The molecule has 5 aliphatic rings. The normalized spacial score (nSPS) is 28.6. The van der Waals surface area contributed by atoms with Gasteiger partial charge < -0.3 is 74.3 Å². The summed E-state index contributed by atoms with van der Waals surface area (Å²) in [7, 11) is 12.1. The van der Waals surface area contributed by atoms with Crippen molar-refractivity contribution in [2.24, 2.45) is 29.1 Å². The SMILES string of the molecule is CCOC[C@H]1C(=O)N[C@@H]([C@@H](C)CC)C(=O)N(C)CC(=O)N(C)[C@H]2C/C=C\CCN(C2=O)[C@@H](CCCCC(F)(F)CC)C(=O)N(C)CC(=O)N[C@@H](CCC2CCC(C(F)(F)F)C(OC)C2)C(=O)N2C[C@H](OCC)C[C@H]2C(=O)NC2(CC(C)(C)C2)C(=O)N(C)[C@@H](C(CC)CC)C(=O)N(C)[C@H](C(=O)N(C)C)CC(=O)N1C. The minimum absolute atomic E-state index is 0.00151. The smallest absolute Gasteiger partial charge is 0.381 e. The Kier molecular flexibility index (Phi) is 34.1. The molecule has 2 aliphatic carbocycles. The van der Waals surface area contributed by atoms with Gasteiger partial charge in [-0.3, -0.25) is 57.5 Å². The summed E-state index contributed by atoms with van der Waals surface area (Å²) < 4.78 is 89.8. The quantitative estimate of drug-likeness (QED) is 0.0695. The minimum atomic E-state index is -4.56. The molecular formula is C76H125F5N12O15. The number of unbranched alkanes of at least 4 members (excludes halogenated alkanes) is 1. The molecule has 1 spiro atoms. The molecule has 4 fully saturated rings. The van der Waals surface area contributed by atoms with Crippen molar-refractivity contribution in [2.45, 2.75) is 262 Å². The Bertz CT molecular complexity index is 3150. The molecule has 3 unspecified atom stereocenters. The maximum absolute atomic E-state index is 15.8. The second-order valence-corrected chi connectivity index (χ2v) is 31.5. The van der Waals surface area contributed by atoms with Gasteiger partial charge in [-0.1, -0.05) is 86.3 Å². The first kappa shape index (κ1) is 91.5. The highest BCUT2D eigenvalue weighted by atomic mass is 19.4. The molecule has 614 valence electrons. The van der Waals surface area contributed by atoms with Crippen LogP contribution in [0.5, 0.6) is 0 Å². The number of methoxy groups -OCH3 is 1. The van der Waals surface area contributed by atoms with Crippen LogP contribution in [0.1, 0.15) is 184 Å². The molecule has 13 atom stereocenters. The Balaban J connectivity index is 1.71. The molecule has 0 aromatic heterocycles. The summed E-state index contributed by atoms with van der Waals surface area (Å²) in [6.45, 7) is 13.8. The number of ether oxygens (including phenoxy) is 3. The Labute approximate surface area is 635 Å². The van der Waals surface area contributed by atoms with E-state index in [9.17, 15) is 50.7 Å². The van der Waals surface area contributed by atoms with Crippen molar-refractivity contribution in [1.29, 1.82) is 0 Å². The predicted molar refractivity (Wildman–Crippen MR) is 393 cm³/mol. The van der Waals surface area contributed by atoms with E-state index < -0.39 is 217 Å². The number of likely N-dealkylation sites (N-methyl/N-ethyl adjacent to an activating group) is 7. The second-order valence-electron chi connectivity index (χ2n) is 31.5. The maximum atomic E-state index is 15.8. The summed E-state index contributed by atoms with van der Waals surface area (Å²) in [5.41, 5.74) is -2.29. The third-order valence-corrected chi connectivity index (χ3v) is 23.0. The Morgan fingerprint density at radius 3 is 1.90 bits per heavy atom. The monoisotopic (exact) mass is 1540 g/mol. The number of fused-ring (bicyclic) bond motifs is 3. The van der Waals surface area contributed by atoms with Gasteiger partial charge >= 0.3 is 6.18 Å². The van der Waals surface area contributed by atoms with Crippen molar-refractivity contribution < 1.29 is 93.7 Å². The maximum Gasteiger partial charge on any atom is 0.394 e. The van der Waals surface area contributed by atoms with E-state index in [1.807, 2.05) is 27.7 Å². The van der Waals surface area contributed by atoms with Crippen molar-refractivity contribution in [3.63, 3.8) is 0 Å². The molecule has 27 nitrogen and oxygen atoms in total. The van der Waals surface area contributed by atoms with E-state index in [2.05, 4.69) is 16.0 Å². The highest BCUT2D eigenvalue weighted by Crippen LogP contribution is 2.50. The fourth-order valence-corrected chi connectivity index (χ4v) is 16.2. The number of amides is 12. The van der Waals surface area contributed by atoms with E-state index >= 15 is 28.8 Å². The van der Waals surface area contributed by atoms with Crippen LogP contribution in [0.2, 0.25) is 0 Å². The second kappa shape index (κ2) is 40.2. The van der Waals surface area contributed by atoms with Crippen LogP contribution in [0.25, 0.3) is 0 Å². The first-order valence-electron chi connectivity index (χ1n) is 38.7. The molecule has 12 amide bonds. The summed E-state index contributed by atoms with van der Waals surface area (Å²) in [6, 6.07) is -11.2. The van der Waals surface area contributed by atoms with E-state index in [4.69, 9.17) is 14.2 Å². The van der Waals surface area contributed by atoms with Gasteiger partial charge in [0, 0.05) is 109 Å². The van der Waals surface area contributed by atoms with E-state index in [1.54, 1.807) is 39.8 Å². The van der Waals surface area contributed by atoms with Crippen LogP contribution in [0.4, 0.5) is 22.0 Å². The van der Waals surface area contributed by atoms with Crippen molar-refractivity contribution in [1.82, 2.24) is 60.0 Å². The van der Waals surface area contributed by atoms with Crippen LogP contribution in [0.15, 0.2) is 12.2 Å². The number of nitrogens with zero attached hydrogens (tertiary/aromatic N) is 9. The zero-order valence-corrected chi connectivity index (χ0v) is 67.2. The molecule has 2 saturated heterocycles. The van der Waals surface area contributed by atoms with Crippen molar-refractivity contribution >= 4 is 70.9 Å². The van der Waals surface area contributed by atoms with Crippen molar-refractivity contribution in [3.05, 3.63) is 12.2 Å². The highest BCUT2D eigenvalue weighted by Gasteiger charge is 2.59. The molecule has 5 rings (SSSR count). The highest BCUT2D eigenvalue weighted by molar-refractivity contribution is 6.01. The molecular weight excluding hydrogens is 1420 g/mol. The molecule has 3 aliphatic heterocycles. The number of carbonyl (C=O) groups is 12. The molecule has 0 aromatic carbocycles. The zero-order valence-electron chi connectivity index (χ0n) is 67.2. The largest absolute Gasteiger partial charge is 0.394 e. The van der Waals surface area contributed by atoms with Gasteiger partial charge in [0.05, 0.1) is 44.2 Å². The molecule has 2 bridgehead atoms. The topological polar surface area (TPSA) is 298 Å². The van der Waals surface area contributed by atoms with Gasteiger partial charge in [-0.25, -0.2) is 8.78 Å². The number of hydrogen-bond donors (Lipinski definition) is 3. The molecule has 3 N–H and O–H groups in total. The number of carbonyl (C=O) groups excluding carboxylic acids is 12. The standard InChI is InChI=1S/C76H125F5N12O15/c1-19-47(7)62-70(103)87(13)43-61(96)88(14)53-30-26-25-29-37-92(69(53)102)54(31-27-28-36-75(77,78)22-4)68(101)86(12)42-59(94)82-52(35-33-48-32-34-51(76(79,80)81)58(38-48)106-18)66(99)93-41-50(108-24-6)39-55(93)65(98)84-74(45-73(8,9)46-74)72(105)91(17)63(49(20-2)21-3)71(104)90(16)56(67(100)85(10)11)40-60(95)89(15)57(44-107-23-5)64(97)83-62/h25-26,47-58,62-63H,19-24,27-46H2,1-18H3,(H,82,94)(H,83,97)(H,84,98)/b26-25-/t47-,48?,50+,51?,52-,53-,54-,55-,56-,57-,58?,62-,63-/m0/s1. The van der Waals surface area contributed by atoms with Crippen LogP contribution in [-0.2, 0) is 71.7 Å². The molecule has 3 heterocycles. The lowest BCUT2D eigenvalue weighted by molar-refractivity contribution is -0.215. The van der Waals surface area contributed by atoms with Gasteiger partial charge in [-0.2, -0.15) is 13.2 Å². The molecule has 108 heavy (non-hydrogen) atoms. The summed E-state index contributed by atoms with van der Waals surface area (Å²) in [4.78, 5) is 192. The molecule has 32 heteroatoms. The van der Waals surface area contributed by atoms with E-state index in [0.717, 1.165) is 24.5 Å². The lowest BCUT2D eigenvalue weighted by Gasteiger charge is -2.54. The Morgan fingerprint density at radius 1 is 0.676 bits per heavy atom. The molecule has 0 radical (unpaired) electrons. The summed E-state index contributed by atoms with van der Waals surface area (Å²) in [5.74, 6) is -15.6. The average Bonchev–Trinajstić information content (AvgIpc) is 0.892. The van der Waals surface area contributed by atoms with Gasteiger partial charge in [0.25, 0.3) is 0 Å². The summed E-state index contributed by atoms with van der Waals surface area (Å²) >= 11 is 0. The predicted octanol–water partition coefficient (Wildman–Crippen LogP) is 5.80. The van der Waals surface area contributed by atoms with E-state index in [0.29, 0.717) is 19.3 Å². The van der Waals surface area contributed by atoms with Crippen LogP contribution >= 0.6 is 0 Å². The minimum Gasteiger partial charge on any atom is -0.381 e. The number of rotatable bonds is 21. The van der Waals surface area contributed by atoms with Gasteiger partial charge in [-0.05, 0) is 108 Å². The summed E-state index contributed by atoms with van der Waals surface area (Å²) in [5, 5.41) is 8.61. The van der Waals surface area contributed by atoms with E-state index in [-0.39, 0.29) is 110 Å². The van der Waals surface area contributed by atoms with Gasteiger partial charge in [-0.15, -0.1) is 0 Å². The Morgan fingerprint density at radius 2 is 1.32 bits per heavy atom. The number of alkyl halides is 5. The molecule has 0 aromatic rings. The third-order valence-electron chi connectivity index (χ3n) is 23.0. The van der Waals surface area contributed by atoms with Crippen LogP contribution in [-0.4, -0.2) is 303 Å².